The quantitative estimate of drug-likeness (QED) is 0.595. The molecule has 0 aliphatic heterocycles. The van der Waals surface area contributed by atoms with Crippen molar-refractivity contribution < 1.29 is 13.2 Å². The molecule has 15 heavy (non-hydrogen) atoms. The molecule has 0 spiro atoms. The van der Waals surface area contributed by atoms with Crippen LogP contribution in [0.3, 0.4) is 0 Å². The molecule has 0 N–H and O–H groups in total. The lowest BCUT2D eigenvalue weighted by Gasteiger charge is -2.00. The Morgan fingerprint density at radius 2 is 2.20 bits per heavy atom. The summed E-state index contributed by atoms with van der Waals surface area (Å²) >= 11 is 5.60. The van der Waals surface area contributed by atoms with Gasteiger partial charge < -0.3 is 0 Å². The van der Waals surface area contributed by atoms with Gasteiger partial charge in [0.05, 0.1) is 5.75 Å². The molecule has 0 radical (unpaired) electrons. The lowest BCUT2D eigenvalue weighted by molar-refractivity contribution is 0.0988. The summed E-state index contributed by atoms with van der Waals surface area (Å²) in [5.74, 6) is -0.393. The molecule has 0 aliphatic carbocycles. The molecule has 1 aromatic rings. The first kappa shape index (κ1) is 12.1. The Balaban J connectivity index is 2.70. The van der Waals surface area contributed by atoms with Crippen LogP contribution in [0.4, 0.5) is 0 Å². The van der Waals surface area contributed by atoms with E-state index in [-0.39, 0.29) is 23.1 Å². The predicted octanol–water partition coefficient (Wildman–Crippen LogP) is 1.35. The monoisotopic (exact) mass is 247 g/mol. The summed E-state index contributed by atoms with van der Waals surface area (Å²) in [5, 5.41) is 0.222. The second-order valence-corrected chi connectivity index (χ2v) is 5.82. The molecule has 6 heteroatoms. The van der Waals surface area contributed by atoms with E-state index in [2.05, 4.69) is 4.98 Å². The fourth-order valence-electron chi connectivity index (χ4n) is 0.998. The molecule has 0 bridgehead atoms. The zero-order chi connectivity index (χ0) is 11.5. The summed E-state index contributed by atoms with van der Waals surface area (Å²) in [6.45, 7) is 0. The Labute approximate surface area is 93.2 Å². The number of pyridine rings is 1. The van der Waals surface area contributed by atoms with Crippen LogP contribution in [-0.4, -0.2) is 31.2 Å². The molecule has 82 valence electrons. The van der Waals surface area contributed by atoms with Gasteiger partial charge in [-0.3, -0.25) is 4.79 Å². The van der Waals surface area contributed by atoms with Crippen LogP contribution in [0, 0.1) is 0 Å². The number of sulfone groups is 1. The van der Waals surface area contributed by atoms with Crippen LogP contribution in [0.15, 0.2) is 18.3 Å². The van der Waals surface area contributed by atoms with Crippen molar-refractivity contribution in [3.8, 4) is 0 Å². The molecule has 1 rings (SSSR count). The number of Topliss-reactive ketones (excluding diaryl/α,β-unsaturated/α-hetero) is 1. The molecule has 1 heterocycles. The van der Waals surface area contributed by atoms with Crippen LogP contribution in [0.5, 0.6) is 0 Å². The predicted molar refractivity (Wildman–Crippen MR) is 57.9 cm³/mol. The second kappa shape index (κ2) is 4.72. The maximum absolute atomic E-state index is 11.5. The van der Waals surface area contributed by atoms with Gasteiger partial charge in [-0.25, -0.2) is 13.4 Å². The van der Waals surface area contributed by atoms with Gasteiger partial charge in [0.15, 0.2) is 5.78 Å². The molecule has 4 nitrogen and oxygen atoms in total. The van der Waals surface area contributed by atoms with Crippen molar-refractivity contribution in [3.63, 3.8) is 0 Å². The van der Waals surface area contributed by atoms with Crippen molar-refractivity contribution in [3.05, 3.63) is 29.0 Å². The lowest BCUT2D eigenvalue weighted by atomic mass is 10.1. The number of halogens is 1. The molecule has 0 aromatic carbocycles. The minimum atomic E-state index is -3.11. The van der Waals surface area contributed by atoms with Gasteiger partial charge in [-0.05, 0) is 12.1 Å². The maximum atomic E-state index is 11.5. The van der Waals surface area contributed by atoms with Crippen LogP contribution in [-0.2, 0) is 9.84 Å². The third-order valence-corrected chi connectivity index (χ3v) is 2.90. The Morgan fingerprint density at radius 1 is 1.53 bits per heavy atom. The van der Waals surface area contributed by atoms with Crippen molar-refractivity contribution in [2.45, 2.75) is 6.42 Å². The van der Waals surface area contributed by atoms with E-state index >= 15 is 0 Å². The van der Waals surface area contributed by atoms with Crippen LogP contribution in [0.1, 0.15) is 16.8 Å². The number of carbonyl (C=O) groups excluding carboxylic acids is 1. The molecule has 0 atom stereocenters. The summed E-state index contributed by atoms with van der Waals surface area (Å²) in [6, 6.07) is 2.93. The number of aromatic nitrogens is 1. The summed E-state index contributed by atoms with van der Waals surface area (Å²) in [6.07, 6.45) is 2.48. The average molecular weight is 248 g/mol. The Kier molecular flexibility index (Phi) is 3.82. The van der Waals surface area contributed by atoms with Gasteiger partial charge in [-0.15, -0.1) is 0 Å². The lowest BCUT2D eigenvalue weighted by Crippen LogP contribution is -2.09. The van der Waals surface area contributed by atoms with Gasteiger partial charge in [0.2, 0.25) is 0 Å². The fraction of sp³-hybridized carbons (Fsp3) is 0.333. The molecule has 1 aromatic heterocycles. The number of nitrogens with zero attached hydrogens (tertiary/aromatic N) is 1. The highest BCUT2D eigenvalue weighted by atomic mass is 35.5. The number of ketones is 1. The first-order valence-electron chi connectivity index (χ1n) is 4.21. The van der Waals surface area contributed by atoms with E-state index in [1.54, 1.807) is 0 Å². The van der Waals surface area contributed by atoms with Crippen molar-refractivity contribution in [1.82, 2.24) is 4.98 Å². The average Bonchev–Trinajstić information content (AvgIpc) is 2.13. The highest BCUT2D eigenvalue weighted by molar-refractivity contribution is 7.90. The smallest absolute Gasteiger partial charge is 0.164 e. The standard InChI is InChI=1S/C9H10ClNO3S/c1-15(13,14)5-3-8(12)7-2-4-11-9(10)6-7/h2,4,6H,3,5H2,1H3. The van der Waals surface area contributed by atoms with Crippen molar-refractivity contribution in [1.29, 1.82) is 0 Å². The van der Waals surface area contributed by atoms with E-state index in [0.717, 1.165) is 6.26 Å². The summed E-state index contributed by atoms with van der Waals surface area (Å²) in [5.41, 5.74) is 0.388. The molecule has 0 saturated heterocycles. The number of rotatable bonds is 4. The highest BCUT2D eigenvalue weighted by Crippen LogP contribution is 2.09. The van der Waals surface area contributed by atoms with Gasteiger partial charge in [-0.1, -0.05) is 11.6 Å². The van der Waals surface area contributed by atoms with E-state index < -0.39 is 9.84 Å². The van der Waals surface area contributed by atoms with Crippen molar-refractivity contribution in [2.24, 2.45) is 0 Å². The van der Waals surface area contributed by atoms with Crippen LogP contribution >= 0.6 is 11.6 Å². The van der Waals surface area contributed by atoms with Gasteiger partial charge >= 0.3 is 0 Å². The number of carbonyl (C=O) groups is 1. The minimum absolute atomic E-state index is 0.0286. The summed E-state index contributed by atoms with van der Waals surface area (Å²) < 4.78 is 21.7. The van der Waals surface area contributed by atoms with Crippen LogP contribution < -0.4 is 0 Å². The zero-order valence-electron chi connectivity index (χ0n) is 8.10. The normalized spacial score (nSPS) is 11.3. The Bertz CT molecular complexity index is 470. The van der Waals surface area contributed by atoms with E-state index in [1.807, 2.05) is 0 Å². The van der Waals surface area contributed by atoms with Crippen LogP contribution in [0.2, 0.25) is 5.15 Å². The number of hydrogen-bond donors (Lipinski definition) is 0. The third kappa shape index (κ3) is 4.40. The molecule has 0 unspecified atom stereocenters. The maximum Gasteiger partial charge on any atom is 0.164 e. The third-order valence-electron chi connectivity index (χ3n) is 1.75. The Hall–Kier alpha value is -0.940. The number of hydrogen-bond acceptors (Lipinski definition) is 4. The van der Waals surface area contributed by atoms with E-state index in [1.165, 1.54) is 18.3 Å². The van der Waals surface area contributed by atoms with E-state index in [0.29, 0.717) is 5.56 Å². The summed E-state index contributed by atoms with van der Waals surface area (Å²) in [4.78, 5) is 15.2. The van der Waals surface area contributed by atoms with E-state index in [9.17, 15) is 13.2 Å². The fourth-order valence-corrected chi connectivity index (χ4v) is 1.73. The van der Waals surface area contributed by atoms with Crippen molar-refractivity contribution >= 4 is 27.2 Å². The van der Waals surface area contributed by atoms with Crippen LogP contribution in [0.25, 0.3) is 0 Å². The molecular formula is C9H10ClNO3S. The zero-order valence-corrected chi connectivity index (χ0v) is 9.68. The second-order valence-electron chi connectivity index (χ2n) is 3.17. The topological polar surface area (TPSA) is 64.1 Å². The summed E-state index contributed by atoms with van der Waals surface area (Å²) in [7, 11) is -3.11. The molecule has 0 amide bonds. The van der Waals surface area contributed by atoms with E-state index in [4.69, 9.17) is 11.6 Å². The van der Waals surface area contributed by atoms with Gasteiger partial charge in [0, 0.05) is 24.4 Å². The Morgan fingerprint density at radius 3 is 2.73 bits per heavy atom. The highest BCUT2D eigenvalue weighted by Gasteiger charge is 2.10. The SMILES string of the molecule is CS(=O)(=O)CCC(=O)c1ccnc(Cl)c1. The first-order chi connectivity index (χ1) is 6.88. The van der Waals surface area contributed by atoms with Crippen molar-refractivity contribution in [2.75, 3.05) is 12.0 Å². The van der Waals surface area contributed by atoms with Gasteiger partial charge in [0.25, 0.3) is 0 Å². The molecule has 0 aliphatic rings. The molecular weight excluding hydrogens is 238 g/mol. The van der Waals surface area contributed by atoms with Gasteiger partial charge in [-0.2, -0.15) is 0 Å². The van der Waals surface area contributed by atoms with Gasteiger partial charge in [0.1, 0.15) is 15.0 Å². The molecule has 0 saturated carbocycles. The first-order valence-corrected chi connectivity index (χ1v) is 6.65. The largest absolute Gasteiger partial charge is 0.294 e. The minimum Gasteiger partial charge on any atom is -0.294 e. The molecule has 0 fully saturated rings.